The van der Waals surface area contributed by atoms with E-state index < -0.39 is 0 Å². The molecule has 6 heteroatoms. The summed E-state index contributed by atoms with van der Waals surface area (Å²) in [6.45, 7) is 2.85. The summed E-state index contributed by atoms with van der Waals surface area (Å²) in [6, 6.07) is 15.8. The number of rotatable bonds is 10. The van der Waals surface area contributed by atoms with Gasteiger partial charge in [0.15, 0.2) is 11.5 Å². The molecule has 2 aromatic carbocycles. The molecule has 3 aromatic rings. The number of nitrogens with zero attached hydrogens (tertiary/aromatic N) is 1. The summed E-state index contributed by atoms with van der Waals surface area (Å²) >= 11 is 0. The van der Waals surface area contributed by atoms with E-state index in [1.807, 2.05) is 42.2 Å². The van der Waals surface area contributed by atoms with Crippen LogP contribution in [-0.4, -0.2) is 31.6 Å². The SMILES string of the molecule is CCC(=O)N(CC[C@H](c1ccc(F)cc1)c1ccco1)Cc1ccc(OC)c(OC)c1. The van der Waals surface area contributed by atoms with E-state index in [9.17, 15) is 9.18 Å². The quantitative estimate of drug-likeness (QED) is 0.437. The van der Waals surface area contributed by atoms with E-state index in [1.165, 1.54) is 12.1 Å². The number of benzene rings is 2. The summed E-state index contributed by atoms with van der Waals surface area (Å²) in [5.41, 5.74) is 1.90. The fourth-order valence-corrected chi connectivity index (χ4v) is 3.66. The van der Waals surface area contributed by atoms with Gasteiger partial charge in [0.25, 0.3) is 0 Å². The Hall–Kier alpha value is -3.28. The number of furan rings is 1. The lowest BCUT2D eigenvalue weighted by atomic mass is 9.93. The fourth-order valence-electron chi connectivity index (χ4n) is 3.66. The fraction of sp³-hybridized carbons (Fsp3) is 0.320. The van der Waals surface area contributed by atoms with Crippen molar-refractivity contribution >= 4 is 5.91 Å². The maximum atomic E-state index is 13.4. The Morgan fingerprint density at radius 2 is 1.81 bits per heavy atom. The van der Waals surface area contributed by atoms with Crippen molar-refractivity contribution < 1.29 is 23.1 Å². The zero-order valence-electron chi connectivity index (χ0n) is 18.1. The molecule has 0 aliphatic rings. The van der Waals surface area contributed by atoms with Crippen LogP contribution in [0.15, 0.2) is 65.3 Å². The number of amides is 1. The van der Waals surface area contributed by atoms with Crippen LogP contribution in [0.5, 0.6) is 11.5 Å². The highest BCUT2D eigenvalue weighted by Crippen LogP contribution is 2.31. The van der Waals surface area contributed by atoms with Gasteiger partial charge in [0.05, 0.1) is 20.5 Å². The molecule has 1 atom stereocenters. The molecule has 0 aliphatic heterocycles. The van der Waals surface area contributed by atoms with Crippen LogP contribution in [-0.2, 0) is 11.3 Å². The van der Waals surface area contributed by atoms with Gasteiger partial charge in [-0.25, -0.2) is 4.39 Å². The molecule has 1 amide bonds. The molecule has 31 heavy (non-hydrogen) atoms. The van der Waals surface area contributed by atoms with Crippen LogP contribution >= 0.6 is 0 Å². The summed E-state index contributed by atoms with van der Waals surface area (Å²) in [6.07, 6.45) is 2.69. The number of hydrogen-bond donors (Lipinski definition) is 0. The molecule has 5 nitrogen and oxygen atoms in total. The predicted octanol–water partition coefficient (Wildman–Crippen LogP) is 5.40. The van der Waals surface area contributed by atoms with Crippen LogP contribution < -0.4 is 9.47 Å². The Kier molecular flexibility index (Phi) is 7.70. The van der Waals surface area contributed by atoms with E-state index in [2.05, 4.69) is 0 Å². The maximum Gasteiger partial charge on any atom is 0.222 e. The molecule has 0 aliphatic carbocycles. The van der Waals surface area contributed by atoms with Gasteiger partial charge in [-0.2, -0.15) is 0 Å². The molecule has 0 N–H and O–H groups in total. The van der Waals surface area contributed by atoms with Crippen LogP contribution in [0.4, 0.5) is 4.39 Å². The van der Waals surface area contributed by atoms with Gasteiger partial charge in [-0.05, 0) is 53.9 Å². The number of ether oxygens (including phenoxy) is 2. The summed E-state index contributed by atoms with van der Waals surface area (Å²) in [5, 5.41) is 0. The minimum atomic E-state index is -0.279. The monoisotopic (exact) mass is 425 g/mol. The highest BCUT2D eigenvalue weighted by Gasteiger charge is 2.21. The predicted molar refractivity (Wildman–Crippen MR) is 117 cm³/mol. The van der Waals surface area contributed by atoms with Crippen molar-refractivity contribution in [1.82, 2.24) is 4.90 Å². The molecule has 1 aromatic heterocycles. The maximum absolute atomic E-state index is 13.4. The van der Waals surface area contributed by atoms with Crippen molar-refractivity contribution in [3.8, 4) is 11.5 Å². The highest BCUT2D eigenvalue weighted by molar-refractivity contribution is 5.75. The molecule has 3 rings (SSSR count). The number of methoxy groups -OCH3 is 2. The first-order valence-electron chi connectivity index (χ1n) is 10.3. The van der Waals surface area contributed by atoms with E-state index >= 15 is 0 Å². The second kappa shape index (κ2) is 10.7. The van der Waals surface area contributed by atoms with Crippen molar-refractivity contribution in [2.45, 2.75) is 32.2 Å². The van der Waals surface area contributed by atoms with Crippen molar-refractivity contribution in [1.29, 1.82) is 0 Å². The Bertz CT molecular complexity index is 970. The van der Waals surface area contributed by atoms with Gasteiger partial charge in [0, 0.05) is 25.4 Å². The number of hydrogen-bond acceptors (Lipinski definition) is 4. The van der Waals surface area contributed by atoms with E-state index in [1.54, 1.807) is 32.6 Å². The van der Waals surface area contributed by atoms with Crippen LogP contribution in [0.25, 0.3) is 0 Å². The van der Waals surface area contributed by atoms with Crippen LogP contribution in [0.1, 0.15) is 42.6 Å². The summed E-state index contributed by atoms with van der Waals surface area (Å²) in [4.78, 5) is 14.5. The number of carbonyl (C=O) groups is 1. The molecular weight excluding hydrogens is 397 g/mol. The second-order valence-corrected chi connectivity index (χ2v) is 7.27. The van der Waals surface area contributed by atoms with Crippen LogP contribution in [0, 0.1) is 5.82 Å². The third-order valence-corrected chi connectivity index (χ3v) is 5.32. The summed E-state index contributed by atoms with van der Waals surface area (Å²) in [5.74, 6) is 1.78. The average molecular weight is 426 g/mol. The lowest BCUT2D eigenvalue weighted by Gasteiger charge is -2.25. The first-order valence-corrected chi connectivity index (χ1v) is 10.3. The van der Waals surface area contributed by atoms with Crippen molar-refractivity contribution in [3.05, 3.63) is 83.6 Å². The molecule has 0 bridgehead atoms. The lowest BCUT2D eigenvalue weighted by molar-refractivity contribution is -0.131. The van der Waals surface area contributed by atoms with E-state index in [0.717, 1.165) is 16.9 Å². The third-order valence-electron chi connectivity index (χ3n) is 5.32. The first-order chi connectivity index (χ1) is 15.0. The van der Waals surface area contributed by atoms with E-state index in [4.69, 9.17) is 13.9 Å². The van der Waals surface area contributed by atoms with E-state index in [-0.39, 0.29) is 17.6 Å². The van der Waals surface area contributed by atoms with Gasteiger partial charge >= 0.3 is 0 Å². The van der Waals surface area contributed by atoms with E-state index in [0.29, 0.717) is 37.4 Å². The van der Waals surface area contributed by atoms with Crippen molar-refractivity contribution in [2.75, 3.05) is 20.8 Å². The van der Waals surface area contributed by atoms with Crippen LogP contribution in [0.2, 0.25) is 0 Å². The Morgan fingerprint density at radius 1 is 1.06 bits per heavy atom. The van der Waals surface area contributed by atoms with Gasteiger partial charge in [0.1, 0.15) is 11.6 Å². The minimum absolute atomic E-state index is 0.0621. The van der Waals surface area contributed by atoms with Gasteiger partial charge in [0.2, 0.25) is 5.91 Å². The smallest absolute Gasteiger partial charge is 0.222 e. The third kappa shape index (κ3) is 5.66. The first kappa shape index (κ1) is 22.4. The van der Waals surface area contributed by atoms with Gasteiger partial charge in [-0.1, -0.05) is 25.1 Å². The number of halogens is 1. The Morgan fingerprint density at radius 3 is 2.42 bits per heavy atom. The molecule has 0 radical (unpaired) electrons. The van der Waals surface area contributed by atoms with Crippen molar-refractivity contribution in [2.24, 2.45) is 0 Å². The summed E-state index contributed by atoms with van der Waals surface area (Å²) in [7, 11) is 3.18. The average Bonchev–Trinajstić information content (AvgIpc) is 3.33. The minimum Gasteiger partial charge on any atom is -0.493 e. The molecule has 0 spiro atoms. The Balaban J connectivity index is 1.79. The summed E-state index contributed by atoms with van der Waals surface area (Å²) < 4.78 is 29.8. The topological polar surface area (TPSA) is 51.9 Å². The second-order valence-electron chi connectivity index (χ2n) is 7.27. The van der Waals surface area contributed by atoms with Crippen LogP contribution in [0.3, 0.4) is 0 Å². The highest BCUT2D eigenvalue weighted by atomic mass is 19.1. The molecule has 164 valence electrons. The molecule has 0 unspecified atom stereocenters. The van der Waals surface area contributed by atoms with Gasteiger partial charge in [-0.3, -0.25) is 4.79 Å². The molecule has 0 saturated heterocycles. The van der Waals surface area contributed by atoms with Gasteiger partial charge < -0.3 is 18.8 Å². The molecule has 0 fully saturated rings. The molecule has 1 heterocycles. The van der Waals surface area contributed by atoms with Crippen molar-refractivity contribution in [3.63, 3.8) is 0 Å². The normalized spacial score (nSPS) is 11.7. The lowest BCUT2D eigenvalue weighted by Crippen LogP contribution is -2.31. The zero-order valence-corrected chi connectivity index (χ0v) is 18.1. The molecular formula is C25H28FNO4. The largest absolute Gasteiger partial charge is 0.493 e. The van der Waals surface area contributed by atoms with Gasteiger partial charge in [-0.15, -0.1) is 0 Å². The Labute approximate surface area is 182 Å². The molecule has 0 saturated carbocycles. The number of carbonyl (C=O) groups excluding carboxylic acids is 1. The standard InChI is InChI=1S/C25H28FNO4/c1-4-25(28)27(17-18-7-12-23(29-2)24(16-18)30-3)14-13-21(22-6-5-15-31-22)19-8-10-20(26)11-9-19/h5-12,15-16,21H,4,13-14,17H2,1-3H3/t21-/m1/s1. The zero-order chi connectivity index (χ0) is 22.2.